The molecule has 0 spiro atoms. The van der Waals surface area contributed by atoms with Gasteiger partial charge in [-0.3, -0.25) is 0 Å². The first kappa shape index (κ1) is 14.4. The zero-order chi connectivity index (χ0) is 15.4. The van der Waals surface area contributed by atoms with E-state index < -0.39 is 11.6 Å². The molecule has 0 fully saturated rings. The molecule has 0 saturated heterocycles. The van der Waals surface area contributed by atoms with Crippen LogP contribution >= 0.6 is 0 Å². The third-order valence-electron chi connectivity index (χ3n) is 2.89. The number of phenols is 1. The number of aryl methyl sites for hydroxylation is 1. The molecule has 0 aromatic heterocycles. The molecule has 2 rings (SSSR count). The Morgan fingerprint density at radius 3 is 2.29 bits per heavy atom. The van der Waals surface area contributed by atoms with Crippen molar-refractivity contribution in [1.82, 2.24) is 0 Å². The number of hydrogen-bond acceptors (Lipinski definition) is 4. The Kier molecular flexibility index (Phi) is 4.06. The molecular weight excluding hydrogens is 271 g/mol. The van der Waals surface area contributed by atoms with Crippen LogP contribution in [0.4, 0.5) is 4.39 Å². The molecule has 1 N–H and O–H groups in total. The number of nitrogens with zero attached hydrogens (tertiary/aromatic N) is 2. The zero-order valence-electron chi connectivity index (χ0n) is 11.2. The molecule has 104 valence electrons. The van der Waals surface area contributed by atoms with E-state index in [-0.39, 0.29) is 6.61 Å². The lowest BCUT2D eigenvalue weighted by atomic mass is 10.1. The van der Waals surface area contributed by atoms with E-state index >= 15 is 0 Å². The Balaban J connectivity index is 2.23. The maximum absolute atomic E-state index is 13.3. The highest BCUT2D eigenvalue weighted by Gasteiger charge is 2.08. The summed E-state index contributed by atoms with van der Waals surface area (Å²) < 4.78 is 18.8. The first-order chi connectivity index (χ1) is 10.0. The average Bonchev–Trinajstić information content (AvgIpc) is 2.49. The van der Waals surface area contributed by atoms with Crippen molar-refractivity contribution in [1.29, 1.82) is 10.5 Å². The van der Waals surface area contributed by atoms with Crippen LogP contribution in [0, 0.1) is 35.4 Å². The molecule has 4 nitrogen and oxygen atoms in total. The van der Waals surface area contributed by atoms with Crippen molar-refractivity contribution in [2.75, 3.05) is 0 Å². The standard InChI is InChI=1S/C16H11FN2O2/c1-10-2-15(20)14(17)6-16(10)21-9-13-4-11(7-18)3-12(5-13)8-19/h2-6,20H,9H2,1H3. The van der Waals surface area contributed by atoms with E-state index in [9.17, 15) is 9.50 Å². The molecule has 0 saturated carbocycles. The molecule has 21 heavy (non-hydrogen) atoms. The number of nitriles is 2. The summed E-state index contributed by atoms with van der Waals surface area (Å²) in [5.41, 5.74) is 1.95. The minimum atomic E-state index is -0.765. The average molecular weight is 282 g/mol. The Morgan fingerprint density at radius 1 is 1.10 bits per heavy atom. The van der Waals surface area contributed by atoms with Crippen molar-refractivity contribution in [3.8, 4) is 23.6 Å². The lowest BCUT2D eigenvalue weighted by Crippen LogP contribution is -1.99. The van der Waals surface area contributed by atoms with E-state index in [1.54, 1.807) is 19.1 Å². The third-order valence-corrected chi connectivity index (χ3v) is 2.89. The molecule has 0 heterocycles. The van der Waals surface area contributed by atoms with Crippen LogP contribution in [-0.4, -0.2) is 5.11 Å². The largest absolute Gasteiger partial charge is 0.505 e. The number of aromatic hydroxyl groups is 1. The number of ether oxygens (including phenoxy) is 1. The monoisotopic (exact) mass is 282 g/mol. The normalized spacial score (nSPS) is 9.71. The van der Waals surface area contributed by atoms with Crippen molar-refractivity contribution in [3.05, 3.63) is 58.4 Å². The van der Waals surface area contributed by atoms with Crippen LogP contribution in [0.3, 0.4) is 0 Å². The molecule has 2 aromatic carbocycles. The van der Waals surface area contributed by atoms with Gasteiger partial charge in [-0.05, 0) is 42.3 Å². The fraction of sp³-hybridized carbons (Fsp3) is 0.125. The lowest BCUT2D eigenvalue weighted by molar-refractivity contribution is 0.300. The van der Waals surface area contributed by atoms with Crippen molar-refractivity contribution in [2.24, 2.45) is 0 Å². The molecule has 2 aromatic rings. The quantitative estimate of drug-likeness (QED) is 0.938. The topological polar surface area (TPSA) is 77.0 Å². The Bertz CT molecular complexity index is 741. The summed E-state index contributed by atoms with van der Waals surface area (Å²) in [6.45, 7) is 1.77. The SMILES string of the molecule is Cc1cc(O)c(F)cc1OCc1cc(C#N)cc(C#N)c1. The summed E-state index contributed by atoms with van der Waals surface area (Å²) in [4.78, 5) is 0. The van der Waals surface area contributed by atoms with Crippen LogP contribution in [0.2, 0.25) is 0 Å². The van der Waals surface area contributed by atoms with Gasteiger partial charge < -0.3 is 9.84 Å². The highest BCUT2D eigenvalue weighted by molar-refractivity contribution is 5.43. The predicted molar refractivity (Wildman–Crippen MR) is 73.0 cm³/mol. The second-order valence-electron chi connectivity index (χ2n) is 4.50. The Morgan fingerprint density at radius 2 is 1.71 bits per heavy atom. The van der Waals surface area contributed by atoms with E-state index in [1.165, 1.54) is 12.1 Å². The Labute approximate surface area is 121 Å². The molecule has 5 heteroatoms. The number of phenolic OH excluding ortho intramolecular Hbond substituents is 1. The van der Waals surface area contributed by atoms with Crippen LogP contribution in [0.15, 0.2) is 30.3 Å². The van der Waals surface area contributed by atoms with Gasteiger partial charge in [0.1, 0.15) is 12.4 Å². The van der Waals surface area contributed by atoms with Crippen LogP contribution in [0.1, 0.15) is 22.3 Å². The number of halogens is 1. The van der Waals surface area contributed by atoms with Gasteiger partial charge in [0, 0.05) is 6.07 Å². The smallest absolute Gasteiger partial charge is 0.168 e. The van der Waals surface area contributed by atoms with Crippen molar-refractivity contribution in [2.45, 2.75) is 13.5 Å². The van der Waals surface area contributed by atoms with Crippen molar-refractivity contribution in [3.63, 3.8) is 0 Å². The van der Waals surface area contributed by atoms with Gasteiger partial charge in [0.05, 0.1) is 23.3 Å². The maximum Gasteiger partial charge on any atom is 0.168 e. The molecule has 0 radical (unpaired) electrons. The minimum Gasteiger partial charge on any atom is -0.505 e. The molecule has 0 aliphatic rings. The zero-order valence-corrected chi connectivity index (χ0v) is 11.2. The molecule has 0 aliphatic carbocycles. The molecule has 0 unspecified atom stereocenters. The maximum atomic E-state index is 13.3. The second kappa shape index (κ2) is 5.94. The van der Waals surface area contributed by atoms with Gasteiger partial charge in [0.15, 0.2) is 11.6 Å². The summed E-state index contributed by atoms with van der Waals surface area (Å²) in [5.74, 6) is -0.900. The number of rotatable bonds is 3. The Hall–Kier alpha value is -3.05. The first-order valence-corrected chi connectivity index (χ1v) is 6.09. The van der Waals surface area contributed by atoms with Crippen LogP contribution in [0.5, 0.6) is 11.5 Å². The minimum absolute atomic E-state index is 0.0925. The lowest BCUT2D eigenvalue weighted by Gasteiger charge is -2.10. The highest BCUT2D eigenvalue weighted by atomic mass is 19.1. The van der Waals surface area contributed by atoms with Gasteiger partial charge in [0.25, 0.3) is 0 Å². The van der Waals surface area contributed by atoms with E-state index in [0.717, 1.165) is 6.07 Å². The van der Waals surface area contributed by atoms with Crippen molar-refractivity contribution < 1.29 is 14.2 Å². The summed E-state index contributed by atoms with van der Waals surface area (Å²) in [6, 6.07) is 11.0. The summed E-state index contributed by atoms with van der Waals surface area (Å²) in [7, 11) is 0. The molecule has 0 bridgehead atoms. The van der Waals surface area contributed by atoms with Crippen LogP contribution in [-0.2, 0) is 6.61 Å². The second-order valence-corrected chi connectivity index (χ2v) is 4.50. The van der Waals surface area contributed by atoms with Crippen LogP contribution < -0.4 is 4.74 Å². The van der Waals surface area contributed by atoms with Gasteiger partial charge >= 0.3 is 0 Å². The molecule has 0 atom stereocenters. The van der Waals surface area contributed by atoms with E-state index in [0.29, 0.717) is 28.0 Å². The van der Waals surface area contributed by atoms with Crippen molar-refractivity contribution >= 4 is 0 Å². The number of benzene rings is 2. The highest BCUT2D eigenvalue weighted by Crippen LogP contribution is 2.27. The molecule has 0 amide bonds. The van der Waals surface area contributed by atoms with Gasteiger partial charge in [-0.25, -0.2) is 4.39 Å². The van der Waals surface area contributed by atoms with Gasteiger partial charge in [0.2, 0.25) is 0 Å². The fourth-order valence-electron chi connectivity index (χ4n) is 1.87. The van der Waals surface area contributed by atoms with E-state index in [2.05, 4.69) is 0 Å². The van der Waals surface area contributed by atoms with Gasteiger partial charge in [-0.15, -0.1) is 0 Å². The summed E-state index contributed by atoms with van der Waals surface area (Å²) in [5, 5.41) is 27.0. The van der Waals surface area contributed by atoms with E-state index in [1.807, 2.05) is 12.1 Å². The summed E-state index contributed by atoms with van der Waals surface area (Å²) >= 11 is 0. The first-order valence-electron chi connectivity index (χ1n) is 6.09. The fourth-order valence-corrected chi connectivity index (χ4v) is 1.87. The third kappa shape index (κ3) is 3.29. The van der Waals surface area contributed by atoms with Crippen LogP contribution in [0.25, 0.3) is 0 Å². The predicted octanol–water partition coefficient (Wildman–Crippen LogP) is 3.16. The molecular formula is C16H11FN2O2. The summed E-state index contributed by atoms with van der Waals surface area (Å²) in [6.07, 6.45) is 0. The number of hydrogen-bond donors (Lipinski definition) is 1. The molecule has 0 aliphatic heterocycles. The van der Waals surface area contributed by atoms with Gasteiger partial charge in [-0.2, -0.15) is 10.5 Å². The van der Waals surface area contributed by atoms with Gasteiger partial charge in [-0.1, -0.05) is 0 Å². The van der Waals surface area contributed by atoms with E-state index in [4.69, 9.17) is 15.3 Å².